The average Bonchev–Trinajstić information content (AvgIpc) is 3.20. The highest BCUT2D eigenvalue weighted by Gasteiger charge is 2.20. The van der Waals surface area contributed by atoms with Crippen molar-refractivity contribution in [1.29, 1.82) is 0 Å². The van der Waals surface area contributed by atoms with Crippen LogP contribution in [0.25, 0.3) is 12.2 Å². The van der Waals surface area contributed by atoms with Gasteiger partial charge in [-0.1, -0.05) is 18.2 Å². The van der Waals surface area contributed by atoms with Crippen molar-refractivity contribution in [3.63, 3.8) is 0 Å². The van der Waals surface area contributed by atoms with Crippen LogP contribution in [0.1, 0.15) is 17.7 Å². The number of carbonyl (C=O) groups excluding carboxylic acids is 1. The number of thiazole rings is 1. The molecule has 1 atom stereocenters. The van der Waals surface area contributed by atoms with E-state index < -0.39 is 0 Å². The SMILES string of the molecule is O=C1N=c2ccccc2=C/C1=C\c1sc(=S)n(C[C@H]2CCCO2)c1O. The molecule has 0 unspecified atom stereocenters. The van der Waals surface area contributed by atoms with E-state index in [9.17, 15) is 9.90 Å². The van der Waals surface area contributed by atoms with Crippen LogP contribution < -0.4 is 10.6 Å². The first-order valence-corrected chi connectivity index (χ1v) is 9.30. The topological polar surface area (TPSA) is 63.8 Å². The molecule has 1 aromatic heterocycles. The molecule has 1 saturated heterocycles. The first-order valence-electron chi connectivity index (χ1n) is 8.07. The van der Waals surface area contributed by atoms with Crippen LogP contribution in [-0.2, 0) is 16.1 Å². The molecule has 5 nitrogen and oxygen atoms in total. The molecule has 7 heteroatoms. The number of benzene rings is 1. The Hall–Kier alpha value is -2.09. The molecule has 1 N–H and O–H groups in total. The average molecular weight is 372 g/mol. The number of carbonyl (C=O) groups is 1. The molecule has 0 aliphatic carbocycles. The molecular weight excluding hydrogens is 356 g/mol. The van der Waals surface area contributed by atoms with E-state index in [4.69, 9.17) is 17.0 Å². The Labute approximate surface area is 153 Å². The molecular formula is C18H16N2O3S2. The van der Waals surface area contributed by atoms with Crippen molar-refractivity contribution in [3.05, 3.63) is 49.2 Å². The first kappa shape index (κ1) is 16.4. The van der Waals surface area contributed by atoms with E-state index in [0.29, 0.717) is 26.3 Å². The monoisotopic (exact) mass is 372 g/mol. The number of hydrogen-bond acceptors (Lipinski definition) is 5. The summed E-state index contributed by atoms with van der Waals surface area (Å²) in [6.07, 6.45) is 5.53. The lowest BCUT2D eigenvalue weighted by Gasteiger charge is -2.11. The van der Waals surface area contributed by atoms with Crippen molar-refractivity contribution >= 4 is 41.6 Å². The summed E-state index contributed by atoms with van der Waals surface area (Å²) < 4.78 is 7.87. The van der Waals surface area contributed by atoms with E-state index in [-0.39, 0.29) is 17.9 Å². The van der Waals surface area contributed by atoms with Gasteiger partial charge in [-0.15, -0.1) is 11.3 Å². The Morgan fingerprint density at radius 2 is 2.28 bits per heavy atom. The molecule has 1 aromatic carbocycles. The first-order chi connectivity index (χ1) is 12.1. The largest absolute Gasteiger partial charge is 0.493 e. The van der Waals surface area contributed by atoms with Gasteiger partial charge in [0.05, 0.1) is 22.9 Å². The fourth-order valence-electron chi connectivity index (χ4n) is 3.02. The summed E-state index contributed by atoms with van der Waals surface area (Å²) in [6, 6.07) is 7.46. The van der Waals surface area contributed by atoms with E-state index in [1.54, 1.807) is 22.8 Å². The maximum absolute atomic E-state index is 12.2. The molecule has 2 aliphatic heterocycles. The lowest BCUT2D eigenvalue weighted by Crippen LogP contribution is -2.29. The van der Waals surface area contributed by atoms with Crippen LogP contribution in [0.2, 0.25) is 0 Å². The number of nitrogens with zero attached hydrogens (tertiary/aromatic N) is 2. The molecule has 0 bridgehead atoms. The van der Waals surface area contributed by atoms with E-state index in [1.807, 2.05) is 18.2 Å². The second kappa shape index (κ2) is 6.67. The maximum Gasteiger partial charge on any atom is 0.277 e. The highest BCUT2D eigenvalue weighted by Crippen LogP contribution is 2.30. The molecule has 1 fully saturated rings. The Morgan fingerprint density at radius 3 is 3.08 bits per heavy atom. The van der Waals surface area contributed by atoms with Crippen molar-refractivity contribution in [2.45, 2.75) is 25.5 Å². The van der Waals surface area contributed by atoms with Gasteiger partial charge in [0.25, 0.3) is 5.91 Å². The zero-order valence-electron chi connectivity index (χ0n) is 13.3. The number of amides is 1. The molecule has 2 aliphatic rings. The highest BCUT2D eigenvalue weighted by atomic mass is 32.1. The standard InChI is InChI=1S/C18H16N2O3S2/c21-16-12(8-11-4-1-2-6-14(11)19-16)9-15-17(22)20(18(24)25-15)10-13-5-3-7-23-13/h1-2,4,6,8-9,13,22H,3,5,7,10H2/b12-9+/t13-/m1/s1. The molecule has 0 spiro atoms. The van der Waals surface area contributed by atoms with E-state index >= 15 is 0 Å². The Kier molecular flexibility index (Phi) is 4.37. The van der Waals surface area contributed by atoms with Crippen molar-refractivity contribution < 1.29 is 14.6 Å². The van der Waals surface area contributed by atoms with Crippen LogP contribution >= 0.6 is 23.6 Å². The van der Waals surface area contributed by atoms with Crippen molar-refractivity contribution in [2.24, 2.45) is 4.99 Å². The highest BCUT2D eigenvalue weighted by molar-refractivity contribution is 7.73. The summed E-state index contributed by atoms with van der Waals surface area (Å²) in [5, 5.41) is 12.1. The second-order valence-corrected chi connectivity index (χ2v) is 7.70. The van der Waals surface area contributed by atoms with Gasteiger partial charge < -0.3 is 9.84 Å². The number of aromatic nitrogens is 1. The van der Waals surface area contributed by atoms with Crippen molar-refractivity contribution in [3.8, 4) is 5.88 Å². The molecule has 25 heavy (non-hydrogen) atoms. The van der Waals surface area contributed by atoms with Gasteiger partial charge in [0.15, 0.2) is 3.95 Å². The number of aromatic hydroxyl groups is 1. The quantitative estimate of drug-likeness (QED) is 0.663. The van der Waals surface area contributed by atoms with Gasteiger partial charge in [-0.2, -0.15) is 0 Å². The van der Waals surface area contributed by atoms with E-state index in [0.717, 1.165) is 24.7 Å². The summed E-state index contributed by atoms with van der Waals surface area (Å²) >= 11 is 6.66. The Balaban J connectivity index is 1.71. The van der Waals surface area contributed by atoms with Gasteiger partial charge in [-0.25, -0.2) is 4.99 Å². The lowest BCUT2D eigenvalue weighted by atomic mass is 10.1. The number of rotatable bonds is 3. The fourth-order valence-corrected chi connectivity index (χ4v) is 4.30. The minimum Gasteiger partial charge on any atom is -0.493 e. The third-order valence-electron chi connectivity index (χ3n) is 4.31. The summed E-state index contributed by atoms with van der Waals surface area (Å²) in [4.78, 5) is 16.9. The second-order valence-electron chi connectivity index (χ2n) is 6.02. The van der Waals surface area contributed by atoms with Crippen molar-refractivity contribution in [2.75, 3.05) is 6.61 Å². The predicted octanol–water partition coefficient (Wildman–Crippen LogP) is 2.19. The van der Waals surface area contributed by atoms with Crippen molar-refractivity contribution in [1.82, 2.24) is 4.57 Å². The summed E-state index contributed by atoms with van der Waals surface area (Å²) in [7, 11) is 0. The van der Waals surface area contributed by atoms with Gasteiger partial charge in [0.1, 0.15) is 0 Å². The number of fused-ring (bicyclic) bond motifs is 1. The molecule has 1 amide bonds. The summed E-state index contributed by atoms with van der Waals surface area (Å²) in [6.45, 7) is 1.29. The van der Waals surface area contributed by atoms with Crippen LogP contribution in [-0.4, -0.2) is 28.3 Å². The smallest absolute Gasteiger partial charge is 0.277 e. The summed E-state index contributed by atoms with van der Waals surface area (Å²) in [5.74, 6) is -0.235. The lowest BCUT2D eigenvalue weighted by molar-refractivity contribution is -0.114. The van der Waals surface area contributed by atoms with Gasteiger partial charge >= 0.3 is 0 Å². The Morgan fingerprint density at radius 1 is 1.44 bits per heavy atom. The van der Waals surface area contributed by atoms with Gasteiger partial charge in [0.2, 0.25) is 5.88 Å². The van der Waals surface area contributed by atoms with Gasteiger partial charge in [0, 0.05) is 17.4 Å². The molecule has 128 valence electrons. The van der Waals surface area contributed by atoms with Crippen LogP contribution in [0.4, 0.5) is 0 Å². The van der Waals surface area contributed by atoms with E-state index in [2.05, 4.69) is 4.99 Å². The van der Waals surface area contributed by atoms with Crippen LogP contribution in [0.5, 0.6) is 5.88 Å². The zero-order chi connectivity index (χ0) is 17.4. The zero-order valence-corrected chi connectivity index (χ0v) is 15.0. The molecule has 2 aromatic rings. The van der Waals surface area contributed by atoms with Crippen LogP contribution in [0.15, 0.2) is 34.8 Å². The van der Waals surface area contributed by atoms with E-state index in [1.165, 1.54) is 11.3 Å². The number of ether oxygens (including phenoxy) is 1. The number of hydrogen-bond donors (Lipinski definition) is 1. The van der Waals surface area contributed by atoms with Crippen LogP contribution in [0, 0.1) is 3.95 Å². The molecule has 0 radical (unpaired) electrons. The third kappa shape index (κ3) is 3.22. The summed E-state index contributed by atoms with van der Waals surface area (Å²) in [5.41, 5.74) is 0.439. The minimum absolute atomic E-state index is 0.0810. The fraction of sp³-hybridized carbons (Fsp3) is 0.278. The van der Waals surface area contributed by atoms with Gasteiger partial charge in [-0.05, 0) is 43.3 Å². The predicted molar refractivity (Wildman–Crippen MR) is 98.5 cm³/mol. The molecule has 4 rings (SSSR count). The normalized spacial score (nSPS) is 21.0. The third-order valence-corrected chi connectivity index (χ3v) is 5.69. The molecule has 3 heterocycles. The number of para-hydroxylation sites is 1. The maximum atomic E-state index is 12.2. The molecule has 0 saturated carbocycles. The Bertz CT molecular complexity index is 1040. The van der Waals surface area contributed by atoms with Crippen LogP contribution in [0.3, 0.4) is 0 Å². The minimum atomic E-state index is -0.317. The van der Waals surface area contributed by atoms with Gasteiger partial charge in [-0.3, -0.25) is 9.36 Å².